The maximum Gasteiger partial charge on any atom is 0.0406 e. The third-order valence-corrected chi connectivity index (χ3v) is 5.98. The van der Waals surface area contributed by atoms with Crippen molar-refractivity contribution in [2.75, 3.05) is 0 Å². The number of fused-ring (bicyclic) bond motifs is 1. The van der Waals surface area contributed by atoms with E-state index in [-0.39, 0.29) is 0 Å². The Kier molecular flexibility index (Phi) is 4.37. The number of hydrogen-bond donors (Lipinski definition) is 1. The molecular weight excluding hydrogens is 304 g/mol. The van der Waals surface area contributed by atoms with Crippen LogP contribution in [-0.4, -0.2) is 11.0 Å². The molecule has 1 heterocycles. The van der Waals surface area contributed by atoms with Crippen LogP contribution in [0.25, 0.3) is 0 Å². The van der Waals surface area contributed by atoms with Gasteiger partial charge in [-0.1, -0.05) is 36.6 Å². The highest BCUT2D eigenvalue weighted by Crippen LogP contribution is 2.54. The van der Waals surface area contributed by atoms with E-state index in [1.54, 1.807) is 0 Å². The lowest BCUT2D eigenvalue weighted by atomic mass is 9.53. The predicted molar refractivity (Wildman–Crippen MR) is 94.5 cm³/mol. The van der Waals surface area contributed by atoms with Gasteiger partial charge in [-0.3, -0.25) is 4.98 Å². The van der Waals surface area contributed by atoms with Crippen LogP contribution in [0.3, 0.4) is 0 Å². The Morgan fingerprint density at radius 1 is 0.957 bits per heavy atom. The van der Waals surface area contributed by atoms with Crippen molar-refractivity contribution < 1.29 is 0 Å². The highest BCUT2D eigenvalue weighted by Gasteiger charge is 2.50. The van der Waals surface area contributed by atoms with Crippen molar-refractivity contribution >= 4 is 11.6 Å². The van der Waals surface area contributed by atoms with Crippen molar-refractivity contribution in [1.29, 1.82) is 0 Å². The first-order valence-electron chi connectivity index (χ1n) is 8.71. The van der Waals surface area contributed by atoms with E-state index in [0.717, 1.165) is 23.4 Å². The van der Waals surface area contributed by atoms with Gasteiger partial charge in [0.05, 0.1) is 0 Å². The molecule has 2 nitrogen and oxygen atoms in total. The fraction of sp³-hybridized carbons (Fsp3) is 0.450. The van der Waals surface area contributed by atoms with Gasteiger partial charge in [0.25, 0.3) is 0 Å². The zero-order chi connectivity index (χ0) is 15.6. The number of pyridine rings is 1. The monoisotopic (exact) mass is 326 g/mol. The highest BCUT2D eigenvalue weighted by atomic mass is 35.5. The first-order chi connectivity index (χ1) is 11.3. The number of rotatable bonds is 4. The fourth-order valence-corrected chi connectivity index (χ4v) is 4.75. The van der Waals surface area contributed by atoms with E-state index in [1.165, 1.54) is 36.8 Å². The molecule has 2 aliphatic carbocycles. The molecule has 1 aromatic carbocycles. The van der Waals surface area contributed by atoms with Crippen molar-refractivity contribution in [2.24, 2.45) is 11.8 Å². The Morgan fingerprint density at radius 2 is 1.65 bits per heavy atom. The minimum atomic E-state index is 0.592. The van der Waals surface area contributed by atoms with Crippen LogP contribution in [0.1, 0.15) is 42.7 Å². The van der Waals surface area contributed by atoms with Crippen LogP contribution in [-0.2, 0) is 6.54 Å². The molecule has 120 valence electrons. The molecule has 0 unspecified atom stereocenters. The van der Waals surface area contributed by atoms with Gasteiger partial charge in [0.1, 0.15) is 0 Å². The second-order valence-corrected chi connectivity index (χ2v) is 7.39. The first kappa shape index (κ1) is 15.2. The largest absolute Gasteiger partial charge is 0.309 e. The summed E-state index contributed by atoms with van der Waals surface area (Å²) in [6.45, 7) is 0.931. The molecule has 3 heteroatoms. The van der Waals surface area contributed by atoms with Gasteiger partial charge in [-0.05, 0) is 60.1 Å². The summed E-state index contributed by atoms with van der Waals surface area (Å²) in [5.41, 5.74) is 2.76. The normalized spacial score (nSPS) is 29.6. The van der Waals surface area contributed by atoms with Crippen molar-refractivity contribution in [3.8, 4) is 0 Å². The van der Waals surface area contributed by atoms with E-state index in [0.29, 0.717) is 12.0 Å². The van der Waals surface area contributed by atoms with Gasteiger partial charge in [0, 0.05) is 35.9 Å². The zero-order valence-corrected chi connectivity index (χ0v) is 14.0. The third kappa shape index (κ3) is 3.02. The van der Waals surface area contributed by atoms with Crippen LogP contribution < -0.4 is 5.32 Å². The average molecular weight is 327 g/mol. The minimum absolute atomic E-state index is 0.592. The maximum absolute atomic E-state index is 6.07. The van der Waals surface area contributed by atoms with Crippen molar-refractivity contribution in [2.45, 2.75) is 44.2 Å². The van der Waals surface area contributed by atoms with Crippen LogP contribution >= 0.6 is 11.6 Å². The molecule has 2 aliphatic rings. The molecule has 2 saturated carbocycles. The molecule has 2 fully saturated rings. The molecule has 0 aliphatic heterocycles. The molecule has 1 aromatic heterocycles. The van der Waals surface area contributed by atoms with Crippen LogP contribution in [0.2, 0.25) is 5.02 Å². The SMILES string of the molecule is Clc1ccc([C@H]2[C@@H]3CCCC[C@@H]3[C@@H]2NCc2ccncc2)cc1. The van der Waals surface area contributed by atoms with Gasteiger partial charge in [0.2, 0.25) is 0 Å². The van der Waals surface area contributed by atoms with Crippen LogP contribution in [0, 0.1) is 11.8 Å². The van der Waals surface area contributed by atoms with Gasteiger partial charge >= 0.3 is 0 Å². The lowest BCUT2D eigenvalue weighted by molar-refractivity contribution is 0.0254. The van der Waals surface area contributed by atoms with Crippen molar-refractivity contribution in [1.82, 2.24) is 10.3 Å². The summed E-state index contributed by atoms with van der Waals surface area (Å²) in [6, 6.07) is 13.3. The lowest BCUT2D eigenvalue weighted by Gasteiger charge is -2.55. The van der Waals surface area contributed by atoms with Gasteiger partial charge < -0.3 is 5.32 Å². The van der Waals surface area contributed by atoms with Crippen molar-refractivity contribution in [3.63, 3.8) is 0 Å². The molecule has 0 amide bonds. The summed E-state index contributed by atoms with van der Waals surface area (Å²) in [4.78, 5) is 4.10. The van der Waals surface area contributed by atoms with Crippen molar-refractivity contribution in [3.05, 3.63) is 64.9 Å². The molecule has 0 saturated heterocycles. The molecule has 4 rings (SSSR count). The van der Waals surface area contributed by atoms with E-state index >= 15 is 0 Å². The van der Waals surface area contributed by atoms with Gasteiger partial charge in [-0.15, -0.1) is 0 Å². The molecule has 23 heavy (non-hydrogen) atoms. The van der Waals surface area contributed by atoms with Gasteiger partial charge in [-0.25, -0.2) is 0 Å². The van der Waals surface area contributed by atoms with Crippen LogP contribution in [0.15, 0.2) is 48.8 Å². The summed E-state index contributed by atoms with van der Waals surface area (Å²) >= 11 is 6.07. The topological polar surface area (TPSA) is 24.9 Å². The molecule has 4 atom stereocenters. The van der Waals surface area contributed by atoms with Crippen LogP contribution in [0.5, 0.6) is 0 Å². The quantitative estimate of drug-likeness (QED) is 0.873. The Hall–Kier alpha value is -1.38. The second kappa shape index (κ2) is 6.62. The minimum Gasteiger partial charge on any atom is -0.309 e. The number of halogens is 1. The summed E-state index contributed by atoms with van der Waals surface area (Å²) in [5.74, 6) is 2.32. The number of benzene rings is 1. The summed E-state index contributed by atoms with van der Waals surface area (Å²) in [7, 11) is 0. The van der Waals surface area contributed by atoms with E-state index in [1.807, 2.05) is 24.5 Å². The van der Waals surface area contributed by atoms with Gasteiger partial charge in [0.15, 0.2) is 0 Å². The van der Waals surface area contributed by atoms with E-state index in [2.05, 4.69) is 34.6 Å². The Labute approximate surface area is 143 Å². The zero-order valence-electron chi connectivity index (χ0n) is 13.3. The Morgan fingerprint density at radius 3 is 2.39 bits per heavy atom. The summed E-state index contributed by atoms with van der Waals surface area (Å²) < 4.78 is 0. The summed E-state index contributed by atoms with van der Waals surface area (Å²) in [5, 5.41) is 4.67. The van der Waals surface area contributed by atoms with E-state index in [9.17, 15) is 0 Å². The number of nitrogens with zero attached hydrogens (tertiary/aromatic N) is 1. The Balaban J connectivity index is 1.51. The highest BCUT2D eigenvalue weighted by molar-refractivity contribution is 6.30. The first-order valence-corrected chi connectivity index (χ1v) is 9.08. The second-order valence-electron chi connectivity index (χ2n) is 6.95. The molecular formula is C20H23ClN2. The van der Waals surface area contributed by atoms with E-state index in [4.69, 9.17) is 11.6 Å². The average Bonchev–Trinajstić information content (AvgIpc) is 2.59. The maximum atomic E-state index is 6.07. The standard InChI is InChI=1S/C20H23ClN2/c21-16-7-5-15(6-8-16)19-17-3-1-2-4-18(17)20(19)23-13-14-9-11-22-12-10-14/h5-12,17-20,23H,1-4,13H2/t17-,18+,19+,20+/m1/s1. The molecule has 0 spiro atoms. The molecule has 1 N–H and O–H groups in total. The number of nitrogens with one attached hydrogen (secondary N) is 1. The molecule has 2 aromatic rings. The fourth-order valence-electron chi connectivity index (χ4n) is 4.62. The number of aromatic nitrogens is 1. The third-order valence-electron chi connectivity index (χ3n) is 5.73. The number of hydrogen-bond acceptors (Lipinski definition) is 2. The lowest BCUT2D eigenvalue weighted by Crippen LogP contribution is -2.57. The molecule has 0 bridgehead atoms. The molecule has 0 radical (unpaired) electrons. The van der Waals surface area contributed by atoms with Crippen LogP contribution in [0.4, 0.5) is 0 Å². The Bertz CT molecular complexity index is 640. The van der Waals surface area contributed by atoms with E-state index < -0.39 is 0 Å². The smallest absolute Gasteiger partial charge is 0.0406 e. The van der Waals surface area contributed by atoms with Gasteiger partial charge in [-0.2, -0.15) is 0 Å². The predicted octanol–water partition coefficient (Wildman–Crippen LogP) is 4.80. The summed E-state index contributed by atoms with van der Waals surface area (Å²) in [6.07, 6.45) is 9.29.